The first-order valence-electron chi connectivity index (χ1n) is 9.15. The number of nitrogens with zero attached hydrogens (tertiary/aromatic N) is 6. The van der Waals surface area contributed by atoms with Crippen molar-refractivity contribution in [3.63, 3.8) is 0 Å². The molecule has 2 aromatic carbocycles. The molecule has 30 heavy (non-hydrogen) atoms. The summed E-state index contributed by atoms with van der Waals surface area (Å²) in [5, 5.41) is 25.3. The van der Waals surface area contributed by atoms with E-state index in [2.05, 4.69) is 32.3 Å². The Balaban J connectivity index is 1.60. The van der Waals surface area contributed by atoms with E-state index in [0.29, 0.717) is 16.9 Å². The Hall–Kier alpha value is -4.75. The van der Waals surface area contributed by atoms with Gasteiger partial charge in [-0.15, -0.1) is 0 Å². The number of hydrogen-bond donors (Lipinski definition) is 1. The largest absolute Gasteiger partial charge is 0.283 e. The lowest BCUT2D eigenvalue weighted by Gasteiger charge is -2.07. The van der Waals surface area contributed by atoms with Crippen molar-refractivity contribution in [3.8, 4) is 40.3 Å². The predicted molar refractivity (Wildman–Crippen MR) is 111 cm³/mol. The fourth-order valence-corrected chi connectivity index (χ4v) is 3.39. The van der Waals surface area contributed by atoms with Gasteiger partial charge in [-0.05, 0) is 42.0 Å². The van der Waals surface area contributed by atoms with E-state index in [-0.39, 0.29) is 0 Å². The molecule has 7 nitrogen and oxygen atoms in total. The van der Waals surface area contributed by atoms with E-state index >= 15 is 0 Å². The van der Waals surface area contributed by atoms with E-state index < -0.39 is 0 Å². The van der Waals surface area contributed by atoms with E-state index in [0.717, 1.165) is 33.4 Å². The Bertz CT molecular complexity index is 1440. The van der Waals surface area contributed by atoms with Crippen molar-refractivity contribution in [3.05, 3.63) is 84.4 Å². The number of hydrogen-bond acceptors (Lipinski definition) is 5. The van der Waals surface area contributed by atoms with Crippen LogP contribution in [0.4, 0.5) is 0 Å². The predicted octanol–water partition coefficient (Wildman–Crippen LogP) is 4.22. The summed E-state index contributed by atoms with van der Waals surface area (Å²) in [5.74, 6) is 0.688. The normalized spacial score (nSPS) is 10.6. The maximum Gasteiger partial charge on any atom is 0.138 e. The van der Waals surface area contributed by atoms with Gasteiger partial charge in [-0.2, -0.15) is 15.6 Å². The molecule has 0 radical (unpaired) electrons. The molecule has 5 aromatic rings. The number of pyridine rings is 1. The number of aromatic amines is 1. The Kier molecular flexibility index (Phi) is 4.05. The van der Waals surface area contributed by atoms with Crippen LogP contribution in [-0.2, 0) is 0 Å². The second kappa shape index (κ2) is 7.01. The van der Waals surface area contributed by atoms with Gasteiger partial charge in [0, 0.05) is 17.3 Å². The summed E-state index contributed by atoms with van der Waals surface area (Å²) in [6.45, 7) is 0. The minimum Gasteiger partial charge on any atom is -0.283 e. The summed E-state index contributed by atoms with van der Waals surface area (Å²) >= 11 is 0. The van der Waals surface area contributed by atoms with Crippen LogP contribution in [0, 0.1) is 22.7 Å². The van der Waals surface area contributed by atoms with Gasteiger partial charge in [0.2, 0.25) is 0 Å². The molecule has 0 fully saturated rings. The molecule has 0 aliphatic heterocycles. The second-order valence-electron chi connectivity index (χ2n) is 6.68. The number of nitriles is 2. The molecule has 3 aromatic heterocycles. The lowest BCUT2D eigenvalue weighted by molar-refractivity contribution is 1.02. The highest BCUT2D eigenvalue weighted by Crippen LogP contribution is 2.32. The van der Waals surface area contributed by atoms with E-state index in [4.69, 9.17) is 10.5 Å². The second-order valence-corrected chi connectivity index (χ2v) is 6.68. The van der Waals surface area contributed by atoms with E-state index in [9.17, 15) is 0 Å². The average Bonchev–Trinajstić information content (AvgIpc) is 3.46. The molecule has 5 rings (SSSR count). The zero-order valence-corrected chi connectivity index (χ0v) is 15.6. The third-order valence-electron chi connectivity index (χ3n) is 4.92. The Morgan fingerprint density at radius 1 is 0.800 bits per heavy atom. The molecule has 140 valence electrons. The van der Waals surface area contributed by atoms with Gasteiger partial charge in [0.05, 0.1) is 40.1 Å². The zero-order valence-electron chi connectivity index (χ0n) is 15.6. The summed E-state index contributed by atoms with van der Waals surface area (Å²) in [5.41, 5.74) is 6.61. The van der Waals surface area contributed by atoms with Crippen LogP contribution >= 0.6 is 0 Å². The van der Waals surface area contributed by atoms with Gasteiger partial charge in [0.1, 0.15) is 18.2 Å². The van der Waals surface area contributed by atoms with Gasteiger partial charge in [-0.25, -0.2) is 9.97 Å². The smallest absolute Gasteiger partial charge is 0.138 e. The highest BCUT2D eigenvalue weighted by molar-refractivity contribution is 5.87. The fraction of sp³-hybridized carbons (Fsp3) is 0. The van der Waals surface area contributed by atoms with Gasteiger partial charge in [-0.3, -0.25) is 9.67 Å². The number of H-pyrrole nitrogens is 1. The number of aromatic nitrogens is 5. The molecule has 0 saturated heterocycles. The number of imidazole rings is 1. The first-order chi connectivity index (χ1) is 14.8. The van der Waals surface area contributed by atoms with Crippen molar-refractivity contribution in [1.82, 2.24) is 24.7 Å². The van der Waals surface area contributed by atoms with Crippen LogP contribution in [0.15, 0.2) is 73.3 Å². The number of benzene rings is 2. The highest BCUT2D eigenvalue weighted by Gasteiger charge is 2.13. The summed E-state index contributed by atoms with van der Waals surface area (Å²) in [6.07, 6.45) is 5.05. The quantitative estimate of drug-likeness (QED) is 0.499. The molecule has 0 aliphatic carbocycles. The fourth-order valence-electron chi connectivity index (χ4n) is 3.39. The van der Waals surface area contributed by atoms with Crippen LogP contribution in [0.5, 0.6) is 0 Å². The lowest BCUT2D eigenvalue weighted by atomic mass is 10.0. The molecule has 0 atom stereocenters. The number of fused-ring (bicyclic) bond motifs is 1. The molecule has 0 unspecified atom stereocenters. The maximum absolute atomic E-state index is 9.02. The van der Waals surface area contributed by atoms with Crippen LogP contribution in [0.3, 0.4) is 0 Å². The summed E-state index contributed by atoms with van der Waals surface area (Å²) in [6, 6.07) is 21.1. The minimum atomic E-state index is 0.509. The van der Waals surface area contributed by atoms with Crippen molar-refractivity contribution in [2.45, 2.75) is 0 Å². The summed E-state index contributed by atoms with van der Waals surface area (Å²) in [4.78, 5) is 8.84. The Morgan fingerprint density at radius 2 is 1.57 bits per heavy atom. The standard InChI is InChI=1S/C23H13N7/c24-10-15-1-4-17(5-2-15)23-19(13-28-29-23)18-6-7-20-21(9-18)30(14-27-20)22-8-3-16(11-25)12-26-22/h1-9,12-14H,(H,28,29). The molecule has 0 saturated carbocycles. The van der Waals surface area contributed by atoms with E-state index in [1.165, 1.54) is 0 Å². The van der Waals surface area contributed by atoms with Crippen molar-refractivity contribution < 1.29 is 0 Å². The van der Waals surface area contributed by atoms with Crippen molar-refractivity contribution in [2.75, 3.05) is 0 Å². The third kappa shape index (κ3) is 2.88. The van der Waals surface area contributed by atoms with Crippen LogP contribution in [-0.4, -0.2) is 24.7 Å². The van der Waals surface area contributed by atoms with Crippen LogP contribution in [0.25, 0.3) is 39.2 Å². The van der Waals surface area contributed by atoms with Gasteiger partial charge in [-0.1, -0.05) is 18.2 Å². The zero-order chi connectivity index (χ0) is 20.5. The van der Waals surface area contributed by atoms with Crippen LogP contribution in [0.1, 0.15) is 11.1 Å². The molecule has 0 aliphatic rings. The SMILES string of the molecule is N#Cc1ccc(-c2[nH]ncc2-c2ccc3ncn(-c4ccc(C#N)cn4)c3c2)cc1. The van der Waals surface area contributed by atoms with Crippen molar-refractivity contribution in [2.24, 2.45) is 0 Å². The van der Waals surface area contributed by atoms with E-state index in [1.807, 2.05) is 34.9 Å². The Labute approximate surface area is 171 Å². The minimum absolute atomic E-state index is 0.509. The molecular weight excluding hydrogens is 374 g/mol. The first kappa shape index (κ1) is 17.4. The monoisotopic (exact) mass is 387 g/mol. The van der Waals surface area contributed by atoms with Gasteiger partial charge < -0.3 is 0 Å². The first-order valence-corrected chi connectivity index (χ1v) is 9.15. The van der Waals surface area contributed by atoms with Crippen LogP contribution in [0.2, 0.25) is 0 Å². The lowest BCUT2D eigenvalue weighted by Crippen LogP contribution is -1.96. The average molecular weight is 387 g/mol. The van der Waals surface area contributed by atoms with Crippen molar-refractivity contribution >= 4 is 11.0 Å². The molecule has 3 heterocycles. The highest BCUT2D eigenvalue weighted by atomic mass is 15.1. The summed E-state index contributed by atoms with van der Waals surface area (Å²) in [7, 11) is 0. The maximum atomic E-state index is 9.02. The topological polar surface area (TPSA) is 107 Å². The number of nitrogens with one attached hydrogen (secondary N) is 1. The number of rotatable bonds is 3. The molecular formula is C23H13N7. The molecule has 7 heteroatoms. The molecule has 0 bridgehead atoms. The Morgan fingerprint density at radius 3 is 2.30 bits per heavy atom. The van der Waals surface area contributed by atoms with Crippen molar-refractivity contribution in [1.29, 1.82) is 10.5 Å². The van der Waals surface area contributed by atoms with Gasteiger partial charge in [0.15, 0.2) is 0 Å². The van der Waals surface area contributed by atoms with Gasteiger partial charge >= 0.3 is 0 Å². The molecule has 1 N–H and O–H groups in total. The van der Waals surface area contributed by atoms with Gasteiger partial charge in [0.25, 0.3) is 0 Å². The molecule has 0 amide bonds. The molecule has 0 spiro atoms. The third-order valence-corrected chi connectivity index (χ3v) is 4.92. The summed E-state index contributed by atoms with van der Waals surface area (Å²) < 4.78 is 1.89. The van der Waals surface area contributed by atoms with Crippen LogP contribution < -0.4 is 0 Å². The van der Waals surface area contributed by atoms with E-state index in [1.54, 1.807) is 43.0 Å².